The Labute approximate surface area is 144 Å². The maximum absolute atomic E-state index is 12.4. The molecule has 0 saturated heterocycles. The number of anilines is 1. The fourth-order valence-corrected chi connectivity index (χ4v) is 2.68. The summed E-state index contributed by atoms with van der Waals surface area (Å²) in [6.07, 6.45) is 0.195. The lowest BCUT2D eigenvalue weighted by atomic mass is 10.1. The largest absolute Gasteiger partial charge is 0.361 e. The smallest absolute Gasteiger partial charge is 0.230 e. The van der Waals surface area contributed by atoms with Gasteiger partial charge in [-0.2, -0.15) is 5.10 Å². The topological polar surface area (TPSA) is 73.0 Å². The van der Waals surface area contributed by atoms with Crippen LogP contribution in [0.4, 0.5) is 5.82 Å². The Kier molecular flexibility index (Phi) is 4.40. The first-order chi connectivity index (χ1) is 11.4. The molecule has 6 nitrogen and oxygen atoms in total. The predicted octanol–water partition coefficient (Wildman–Crippen LogP) is 3.62. The minimum atomic E-state index is -0.160. The number of nitrogens with zero attached hydrogens (tertiary/aromatic N) is 3. The van der Waals surface area contributed by atoms with E-state index in [0.717, 1.165) is 22.6 Å². The van der Waals surface area contributed by atoms with E-state index in [1.807, 2.05) is 32.0 Å². The summed E-state index contributed by atoms with van der Waals surface area (Å²) in [5.41, 5.74) is 3.10. The lowest BCUT2D eigenvalue weighted by Gasteiger charge is -2.09. The van der Waals surface area contributed by atoms with E-state index in [9.17, 15) is 4.79 Å². The van der Waals surface area contributed by atoms with Gasteiger partial charge in [0.25, 0.3) is 0 Å². The molecule has 0 bridgehead atoms. The minimum Gasteiger partial charge on any atom is -0.361 e. The molecule has 24 heavy (non-hydrogen) atoms. The molecule has 3 rings (SSSR count). The van der Waals surface area contributed by atoms with Crippen molar-refractivity contribution in [3.63, 3.8) is 0 Å². The van der Waals surface area contributed by atoms with E-state index in [2.05, 4.69) is 15.6 Å². The van der Waals surface area contributed by atoms with Gasteiger partial charge in [-0.25, -0.2) is 4.68 Å². The maximum Gasteiger partial charge on any atom is 0.230 e. The highest BCUT2D eigenvalue weighted by Gasteiger charge is 2.16. The van der Waals surface area contributed by atoms with Crippen molar-refractivity contribution in [3.05, 3.63) is 58.1 Å². The summed E-state index contributed by atoms with van der Waals surface area (Å²) in [5.74, 6) is 1.08. The van der Waals surface area contributed by atoms with Gasteiger partial charge in [0.15, 0.2) is 0 Å². The summed E-state index contributed by atoms with van der Waals surface area (Å²) in [4.78, 5) is 12.4. The Hall–Kier alpha value is -2.60. The van der Waals surface area contributed by atoms with Crippen LogP contribution >= 0.6 is 11.6 Å². The van der Waals surface area contributed by atoms with Crippen molar-refractivity contribution in [1.29, 1.82) is 0 Å². The zero-order valence-corrected chi connectivity index (χ0v) is 14.4. The van der Waals surface area contributed by atoms with Gasteiger partial charge < -0.3 is 9.84 Å². The number of benzene rings is 1. The van der Waals surface area contributed by atoms with Crippen molar-refractivity contribution < 1.29 is 9.32 Å². The van der Waals surface area contributed by atoms with E-state index in [1.54, 1.807) is 23.7 Å². The summed E-state index contributed by atoms with van der Waals surface area (Å²) in [6, 6.07) is 9.10. The number of hydrogen-bond acceptors (Lipinski definition) is 4. The van der Waals surface area contributed by atoms with E-state index in [-0.39, 0.29) is 12.3 Å². The van der Waals surface area contributed by atoms with Gasteiger partial charge in [0.05, 0.1) is 23.5 Å². The zero-order valence-electron chi connectivity index (χ0n) is 13.6. The van der Waals surface area contributed by atoms with Gasteiger partial charge in [-0.3, -0.25) is 4.79 Å². The molecule has 2 heterocycles. The van der Waals surface area contributed by atoms with Crippen LogP contribution in [0.25, 0.3) is 5.69 Å². The van der Waals surface area contributed by atoms with Crippen LogP contribution in [0.5, 0.6) is 0 Å². The van der Waals surface area contributed by atoms with E-state index in [4.69, 9.17) is 16.1 Å². The normalized spacial score (nSPS) is 10.8. The second kappa shape index (κ2) is 6.49. The van der Waals surface area contributed by atoms with Crippen molar-refractivity contribution in [3.8, 4) is 5.69 Å². The number of amides is 1. The lowest BCUT2D eigenvalue weighted by Crippen LogP contribution is -2.17. The molecule has 0 aliphatic carbocycles. The fraction of sp³-hybridized carbons (Fsp3) is 0.235. The molecule has 0 aliphatic rings. The first kappa shape index (κ1) is 16.3. The first-order valence-corrected chi connectivity index (χ1v) is 7.86. The summed E-state index contributed by atoms with van der Waals surface area (Å²) in [5, 5.41) is 11.8. The van der Waals surface area contributed by atoms with Gasteiger partial charge in [-0.05, 0) is 39.0 Å². The number of carbonyl (C=O) groups is 1. The molecule has 0 saturated carbocycles. The quantitative estimate of drug-likeness (QED) is 0.784. The lowest BCUT2D eigenvalue weighted by molar-refractivity contribution is -0.115. The molecule has 0 spiro atoms. The number of rotatable bonds is 4. The molecule has 124 valence electrons. The molecule has 0 fully saturated rings. The second-order valence-corrected chi connectivity index (χ2v) is 6.03. The Balaban J connectivity index is 1.84. The van der Waals surface area contributed by atoms with Crippen LogP contribution < -0.4 is 5.32 Å². The van der Waals surface area contributed by atoms with E-state index in [1.165, 1.54) is 0 Å². The van der Waals surface area contributed by atoms with Crippen LogP contribution in [0, 0.1) is 20.8 Å². The van der Waals surface area contributed by atoms with Gasteiger partial charge >= 0.3 is 0 Å². The monoisotopic (exact) mass is 344 g/mol. The number of aryl methyl sites for hydroxylation is 3. The molecule has 0 unspecified atom stereocenters. The highest BCUT2D eigenvalue weighted by molar-refractivity contribution is 6.30. The number of carbonyl (C=O) groups excluding carboxylic acids is 1. The third kappa shape index (κ3) is 3.33. The van der Waals surface area contributed by atoms with Crippen LogP contribution in [0.1, 0.15) is 22.7 Å². The molecule has 1 aromatic carbocycles. The van der Waals surface area contributed by atoms with Gasteiger partial charge in [0, 0.05) is 16.7 Å². The Morgan fingerprint density at radius 2 is 2.08 bits per heavy atom. The average Bonchev–Trinajstić information content (AvgIpc) is 3.04. The molecule has 0 aliphatic heterocycles. The number of halogens is 1. The highest BCUT2D eigenvalue weighted by Crippen LogP contribution is 2.21. The van der Waals surface area contributed by atoms with Crippen LogP contribution in [0.15, 0.2) is 34.9 Å². The zero-order chi connectivity index (χ0) is 17.3. The van der Waals surface area contributed by atoms with Crippen molar-refractivity contribution in [1.82, 2.24) is 14.9 Å². The van der Waals surface area contributed by atoms with Crippen LogP contribution in [0.2, 0.25) is 5.02 Å². The second-order valence-electron chi connectivity index (χ2n) is 5.59. The third-order valence-corrected chi connectivity index (χ3v) is 3.91. The van der Waals surface area contributed by atoms with Crippen molar-refractivity contribution in [2.24, 2.45) is 0 Å². The molecule has 1 amide bonds. The molecule has 3 aromatic rings. The standard InChI is InChI=1S/C17H17ClN4O2/c1-10-7-16(22(20-10)14-6-4-5-13(18)8-14)19-17(23)9-15-11(2)21-24-12(15)3/h4-8H,9H2,1-3H3,(H,19,23). The summed E-state index contributed by atoms with van der Waals surface area (Å²) < 4.78 is 6.75. The molecule has 2 aromatic heterocycles. The summed E-state index contributed by atoms with van der Waals surface area (Å²) in [6.45, 7) is 5.48. The number of nitrogens with one attached hydrogen (secondary N) is 1. The molecular weight excluding hydrogens is 328 g/mol. The average molecular weight is 345 g/mol. The number of aromatic nitrogens is 3. The SMILES string of the molecule is Cc1cc(NC(=O)Cc2c(C)noc2C)n(-c2cccc(Cl)c2)n1. The molecular formula is C17H17ClN4O2. The summed E-state index contributed by atoms with van der Waals surface area (Å²) >= 11 is 6.04. The van der Waals surface area contributed by atoms with Gasteiger partial charge in [-0.1, -0.05) is 22.8 Å². The van der Waals surface area contributed by atoms with Gasteiger partial charge in [0.2, 0.25) is 5.91 Å². The Morgan fingerprint density at radius 3 is 2.75 bits per heavy atom. The van der Waals surface area contributed by atoms with Crippen molar-refractivity contribution in [2.45, 2.75) is 27.2 Å². The van der Waals surface area contributed by atoms with E-state index < -0.39 is 0 Å². The molecule has 0 radical (unpaired) electrons. The first-order valence-electron chi connectivity index (χ1n) is 7.48. The Morgan fingerprint density at radius 1 is 1.29 bits per heavy atom. The van der Waals surface area contributed by atoms with Crippen LogP contribution in [-0.4, -0.2) is 20.8 Å². The van der Waals surface area contributed by atoms with Gasteiger partial charge in [-0.15, -0.1) is 0 Å². The maximum atomic E-state index is 12.4. The minimum absolute atomic E-state index is 0.160. The van der Waals surface area contributed by atoms with E-state index >= 15 is 0 Å². The molecule has 1 N–H and O–H groups in total. The van der Waals surface area contributed by atoms with Crippen LogP contribution in [0.3, 0.4) is 0 Å². The van der Waals surface area contributed by atoms with Crippen molar-refractivity contribution >= 4 is 23.3 Å². The number of hydrogen-bond donors (Lipinski definition) is 1. The molecule has 0 atom stereocenters. The summed E-state index contributed by atoms with van der Waals surface area (Å²) in [7, 11) is 0. The predicted molar refractivity (Wildman–Crippen MR) is 91.6 cm³/mol. The van der Waals surface area contributed by atoms with Gasteiger partial charge in [0.1, 0.15) is 11.6 Å². The highest BCUT2D eigenvalue weighted by atomic mass is 35.5. The fourth-order valence-electron chi connectivity index (χ4n) is 2.50. The van der Waals surface area contributed by atoms with Crippen LogP contribution in [-0.2, 0) is 11.2 Å². The van der Waals surface area contributed by atoms with Crippen molar-refractivity contribution in [2.75, 3.05) is 5.32 Å². The van der Waals surface area contributed by atoms with E-state index in [0.29, 0.717) is 16.6 Å². The third-order valence-electron chi connectivity index (χ3n) is 3.67. The Bertz CT molecular complexity index is 878. The molecule has 7 heteroatoms.